The summed E-state index contributed by atoms with van der Waals surface area (Å²) in [7, 11) is -4.17. The molecule has 0 radical (unpaired) electrons. The molecule has 8 heteroatoms. The first-order valence-corrected chi connectivity index (χ1v) is 14.7. The predicted molar refractivity (Wildman–Crippen MR) is 156 cm³/mol. The van der Waals surface area contributed by atoms with Crippen molar-refractivity contribution in [1.82, 2.24) is 4.72 Å². The number of sulfonamides is 1. The highest BCUT2D eigenvalue weighted by atomic mass is 32.2. The molecule has 0 bridgehead atoms. The first-order chi connectivity index (χ1) is 18.8. The van der Waals surface area contributed by atoms with Gasteiger partial charge in [-0.3, -0.25) is 9.59 Å². The fourth-order valence-corrected chi connectivity index (χ4v) is 5.00. The fraction of sp³-hybridized carbons (Fsp3) is 0.290. The third-order valence-corrected chi connectivity index (χ3v) is 7.35. The second-order valence-corrected chi connectivity index (χ2v) is 10.7. The molecule has 0 heterocycles. The summed E-state index contributed by atoms with van der Waals surface area (Å²) in [6.07, 6.45) is 4.39. The topological polar surface area (TPSA) is 104 Å². The van der Waals surface area contributed by atoms with Gasteiger partial charge >= 0.3 is 0 Å². The van der Waals surface area contributed by atoms with Gasteiger partial charge in [-0.05, 0) is 55.3 Å². The number of carbonyl (C=O) groups is 2. The molecule has 0 atom stereocenters. The molecule has 3 N–H and O–H groups in total. The van der Waals surface area contributed by atoms with Gasteiger partial charge in [0.2, 0.25) is 5.91 Å². The van der Waals surface area contributed by atoms with Crippen LogP contribution in [0, 0.1) is 11.8 Å². The van der Waals surface area contributed by atoms with Crippen molar-refractivity contribution in [2.45, 2.75) is 57.3 Å². The first kappa shape index (κ1) is 29.5. The number of hydrogen-bond acceptors (Lipinski definition) is 5. The Morgan fingerprint density at radius 3 is 2.21 bits per heavy atom. The van der Waals surface area contributed by atoms with Gasteiger partial charge in [0, 0.05) is 29.8 Å². The summed E-state index contributed by atoms with van der Waals surface area (Å²) in [4.78, 5) is 25.4. The molecule has 2 amide bonds. The molecule has 3 aromatic carbocycles. The van der Waals surface area contributed by atoms with Crippen LogP contribution in [0.15, 0.2) is 77.7 Å². The van der Waals surface area contributed by atoms with Crippen LogP contribution >= 0.6 is 0 Å². The van der Waals surface area contributed by atoms with Gasteiger partial charge in [0.25, 0.3) is 15.9 Å². The Labute approximate surface area is 231 Å². The van der Waals surface area contributed by atoms with Crippen LogP contribution in [-0.4, -0.2) is 26.8 Å². The van der Waals surface area contributed by atoms with Crippen LogP contribution in [0.2, 0.25) is 0 Å². The quantitative estimate of drug-likeness (QED) is 0.193. The van der Waals surface area contributed by atoms with Crippen LogP contribution in [-0.2, 0) is 14.8 Å². The van der Waals surface area contributed by atoms with Crippen LogP contribution in [0.3, 0.4) is 0 Å². The second kappa shape index (κ2) is 14.7. The van der Waals surface area contributed by atoms with Crippen molar-refractivity contribution in [2.24, 2.45) is 0 Å². The fourth-order valence-electron chi connectivity index (χ4n) is 3.82. The van der Waals surface area contributed by atoms with Crippen LogP contribution in [0.1, 0.15) is 73.9 Å². The number of benzene rings is 3. The van der Waals surface area contributed by atoms with Crippen molar-refractivity contribution in [3.8, 4) is 11.8 Å². The van der Waals surface area contributed by atoms with E-state index in [4.69, 9.17) is 0 Å². The maximum Gasteiger partial charge on any atom is 0.266 e. The molecule has 0 saturated heterocycles. The molecule has 0 saturated carbocycles. The van der Waals surface area contributed by atoms with Crippen molar-refractivity contribution in [1.29, 1.82) is 0 Å². The molecule has 7 nitrogen and oxygen atoms in total. The van der Waals surface area contributed by atoms with E-state index in [0.29, 0.717) is 24.2 Å². The van der Waals surface area contributed by atoms with E-state index >= 15 is 0 Å². The molecule has 0 aromatic heterocycles. The maximum absolute atomic E-state index is 13.4. The number of hydrogen-bond donors (Lipinski definition) is 3. The molecule has 39 heavy (non-hydrogen) atoms. The lowest BCUT2D eigenvalue weighted by molar-refractivity contribution is -0.119. The van der Waals surface area contributed by atoms with E-state index < -0.39 is 21.8 Å². The summed E-state index contributed by atoms with van der Waals surface area (Å²) < 4.78 is 28.1. The van der Waals surface area contributed by atoms with Crippen molar-refractivity contribution >= 4 is 33.2 Å². The lowest BCUT2D eigenvalue weighted by Crippen LogP contribution is -2.31. The minimum Gasteiger partial charge on any atom is -0.384 e. The number of anilines is 2. The Kier molecular flexibility index (Phi) is 11.1. The third kappa shape index (κ3) is 9.01. The number of carbonyl (C=O) groups excluding carboxylic acids is 2. The number of para-hydroxylation sites is 1. The van der Waals surface area contributed by atoms with Crippen LogP contribution in [0.5, 0.6) is 0 Å². The van der Waals surface area contributed by atoms with Gasteiger partial charge in [-0.2, -0.15) is 0 Å². The predicted octanol–water partition coefficient (Wildman–Crippen LogP) is 5.94. The highest BCUT2D eigenvalue weighted by Gasteiger charge is 2.23. The molecule has 0 aliphatic heterocycles. The minimum absolute atomic E-state index is 0.0869. The van der Waals surface area contributed by atoms with E-state index in [1.54, 1.807) is 24.3 Å². The second-order valence-electron chi connectivity index (χ2n) is 9.09. The number of rotatable bonds is 12. The Balaban J connectivity index is 1.85. The highest BCUT2D eigenvalue weighted by Crippen LogP contribution is 2.24. The molecule has 3 aromatic rings. The molecule has 0 unspecified atom stereocenters. The van der Waals surface area contributed by atoms with E-state index in [1.165, 1.54) is 12.1 Å². The summed E-state index contributed by atoms with van der Waals surface area (Å²) in [5.74, 6) is 5.20. The number of nitrogens with one attached hydrogen (secondary N) is 3. The standard InChI is InChI=1S/C31H35N3O4S/c1-3-5-8-17-30(35)34-39(37,38)29-16-12-11-15-27(29)33-31(36)26-21-20-25(23-28(26)32-22-6-4-2)19-18-24-13-9-7-10-14-24/h7,9-16,20-21,23,32H,3-6,8,17,22H2,1-2H3,(H,33,36)(H,34,35). The average Bonchev–Trinajstić information content (AvgIpc) is 2.93. The molecule has 0 fully saturated rings. The van der Waals surface area contributed by atoms with Gasteiger partial charge in [0.05, 0.1) is 11.3 Å². The zero-order valence-electron chi connectivity index (χ0n) is 22.4. The van der Waals surface area contributed by atoms with Gasteiger partial charge in [-0.25, -0.2) is 13.1 Å². The van der Waals surface area contributed by atoms with E-state index in [-0.39, 0.29) is 17.0 Å². The zero-order chi connectivity index (χ0) is 28.1. The lowest BCUT2D eigenvalue weighted by atomic mass is 10.1. The van der Waals surface area contributed by atoms with Crippen molar-refractivity contribution in [3.63, 3.8) is 0 Å². The smallest absolute Gasteiger partial charge is 0.266 e. The SMILES string of the molecule is CCCCCC(=O)NS(=O)(=O)c1ccccc1NC(=O)c1ccc(C#Cc2ccccc2)cc1NCCCC. The largest absolute Gasteiger partial charge is 0.384 e. The van der Waals surface area contributed by atoms with Crippen molar-refractivity contribution < 1.29 is 18.0 Å². The average molecular weight is 546 g/mol. The van der Waals surface area contributed by atoms with Gasteiger partial charge in [-0.1, -0.05) is 75.3 Å². The Morgan fingerprint density at radius 2 is 1.46 bits per heavy atom. The lowest BCUT2D eigenvalue weighted by Gasteiger charge is -2.15. The van der Waals surface area contributed by atoms with Gasteiger partial charge in [0.1, 0.15) is 4.90 Å². The summed E-state index contributed by atoms with van der Waals surface area (Å²) in [5, 5.41) is 6.03. The molecule has 0 aliphatic carbocycles. The minimum atomic E-state index is -4.17. The molecular weight excluding hydrogens is 510 g/mol. The molecule has 0 aliphatic rings. The van der Waals surface area contributed by atoms with Crippen LogP contribution in [0.25, 0.3) is 0 Å². The molecule has 204 valence electrons. The molecular formula is C31H35N3O4S. The van der Waals surface area contributed by atoms with Gasteiger partial charge in [-0.15, -0.1) is 0 Å². The van der Waals surface area contributed by atoms with E-state index in [1.807, 2.05) is 43.3 Å². The zero-order valence-corrected chi connectivity index (χ0v) is 23.2. The summed E-state index contributed by atoms with van der Waals surface area (Å²) in [6.45, 7) is 4.75. The Morgan fingerprint density at radius 1 is 0.769 bits per heavy atom. The van der Waals surface area contributed by atoms with Crippen molar-refractivity contribution in [2.75, 3.05) is 17.2 Å². The first-order valence-electron chi connectivity index (χ1n) is 13.2. The van der Waals surface area contributed by atoms with Crippen LogP contribution in [0.4, 0.5) is 11.4 Å². The van der Waals surface area contributed by atoms with E-state index in [0.717, 1.165) is 36.8 Å². The Hall–Kier alpha value is -4.09. The summed E-state index contributed by atoms with van der Waals surface area (Å²) in [5.41, 5.74) is 2.67. The number of unbranched alkanes of at least 4 members (excludes halogenated alkanes) is 3. The highest BCUT2D eigenvalue weighted by molar-refractivity contribution is 7.90. The summed E-state index contributed by atoms with van der Waals surface area (Å²) in [6, 6.07) is 20.9. The van der Waals surface area contributed by atoms with Gasteiger partial charge < -0.3 is 10.6 Å². The van der Waals surface area contributed by atoms with Crippen LogP contribution < -0.4 is 15.4 Å². The normalized spacial score (nSPS) is 10.7. The Bertz CT molecular complexity index is 1440. The third-order valence-electron chi connectivity index (χ3n) is 5.92. The van der Waals surface area contributed by atoms with Crippen molar-refractivity contribution in [3.05, 3.63) is 89.5 Å². The summed E-state index contributed by atoms with van der Waals surface area (Å²) >= 11 is 0. The molecule has 3 rings (SSSR count). The monoisotopic (exact) mass is 545 g/mol. The van der Waals surface area contributed by atoms with E-state index in [2.05, 4.69) is 34.1 Å². The van der Waals surface area contributed by atoms with Gasteiger partial charge in [0.15, 0.2) is 0 Å². The molecule has 0 spiro atoms. The van der Waals surface area contributed by atoms with E-state index in [9.17, 15) is 18.0 Å². The number of amides is 2. The maximum atomic E-state index is 13.4.